The molecule has 28 heavy (non-hydrogen) atoms. The summed E-state index contributed by atoms with van der Waals surface area (Å²) in [5.41, 5.74) is 3.16. The van der Waals surface area contributed by atoms with Gasteiger partial charge in [-0.2, -0.15) is 0 Å². The summed E-state index contributed by atoms with van der Waals surface area (Å²) in [6.07, 6.45) is 4.16. The van der Waals surface area contributed by atoms with E-state index in [0.717, 1.165) is 17.2 Å². The maximum atomic E-state index is 12.5. The number of benzene rings is 1. The number of aromatic nitrogens is 3. The number of likely N-dealkylation sites (tertiary alicyclic amines) is 1. The number of fused-ring (bicyclic) bond motifs is 1. The molecule has 0 spiro atoms. The highest BCUT2D eigenvalue weighted by Crippen LogP contribution is 2.38. The molecule has 3 aromatic heterocycles. The van der Waals surface area contributed by atoms with Crippen molar-refractivity contribution < 1.29 is 4.79 Å². The van der Waals surface area contributed by atoms with Gasteiger partial charge in [-0.15, -0.1) is 11.3 Å². The van der Waals surface area contributed by atoms with Crippen molar-refractivity contribution in [1.29, 1.82) is 0 Å². The molecule has 0 aliphatic carbocycles. The van der Waals surface area contributed by atoms with Crippen LogP contribution in [0.1, 0.15) is 28.7 Å². The first-order valence-electron chi connectivity index (χ1n) is 9.40. The summed E-state index contributed by atoms with van der Waals surface area (Å²) in [6, 6.07) is 14.2. The minimum Gasteiger partial charge on any atom is -0.342 e. The van der Waals surface area contributed by atoms with Gasteiger partial charge in [-0.3, -0.25) is 9.78 Å². The van der Waals surface area contributed by atoms with Gasteiger partial charge in [-0.05, 0) is 25.1 Å². The lowest BCUT2D eigenvalue weighted by Gasteiger charge is -2.15. The fourth-order valence-electron chi connectivity index (χ4n) is 3.97. The zero-order valence-corrected chi connectivity index (χ0v) is 16.4. The van der Waals surface area contributed by atoms with Crippen molar-refractivity contribution in [3.63, 3.8) is 0 Å². The molecule has 0 bridgehead atoms. The molecule has 4 aromatic rings. The van der Waals surface area contributed by atoms with Crippen LogP contribution < -0.4 is 0 Å². The summed E-state index contributed by atoms with van der Waals surface area (Å²) in [6.45, 7) is 3.37. The molecule has 0 unspecified atom stereocenters. The van der Waals surface area contributed by atoms with E-state index in [1.807, 2.05) is 29.3 Å². The number of carbonyl (C=O) groups is 1. The first-order valence-corrected chi connectivity index (χ1v) is 10.2. The molecule has 0 saturated carbocycles. The molecule has 140 valence electrons. The Kier molecular flexibility index (Phi) is 4.20. The highest BCUT2D eigenvalue weighted by molar-refractivity contribution is 7.19. The van der Waals surface area contributed by atoms with Crippen molar-refractivity contribution in [3.05, 3.63) is 71.3 Å². The standard InChI is InChI=1S/C22H20N4OS/c1-14-21(17-7-2-3-8-19(17)28-14)18-11-24-22(25-18)15-10-20(27)26(12-15)13-16-6-4-5-9-23-16/h2-9,11,15H,10,12-13H2,1H3,(H,24,25)/t15-/m0/s1. The highest BCUT2D eigenvalue weighted by atomic mass is 32.1. The monoisotopic (exact) mass is 388 g/mol. The first kappa shape index (κ1) is 17.1. The molecule has 1 amide bonds. The average molecular weight is 388 g/mol. The molecule has 0 radical (unpaired) electrons. The molecular formula is C22H20N4OS. The van der Waals surface area contributed by atoms with Gasteiger partial charge in [0.15, 0.2) is 0 Å². The summed E-state index contributed by atoms with van der Waals surface area (Å²) >= 11 is 1.80. The van der Waals surface area contributed by atoms with Crippen molar-refractivity contribution in [3.8, 4) is 11.3 Å². The van der Waals surface area contributed by atoms with Crippen LogP contribution in [0.15, 0.2) is 54.9 Å². The smallest absolute Gasteiger partial charge is 0.223 e. The van der Waals surface area contributed by atoms with E-state index in [-0.39, 0.29) is 11.8 Å². The van der Waals surface area contributed by atoms with E-state index < -0.39 is 0 Å². The van der Waals surface area contributed by atoms with Gasteiger partial charge < -0.3 is 9.88 Å². The lowest BCUT2D eigenvalue weighted by Crippen LogP contribution is -2.24. The van der Waals surface area contributed by atoms with Crippen molar-refractivity contribution >= 4 is 27.3 Å². The van der Waals surface area contributed by atoms with Crippen LogP contribution in [0.4, 0.5) is 0 Å². The molecule has 5 nitrogen and oxygen atoms in total. The van der Waals surface area contributed by atoms with Crippen molar-refractivity contribution in [2.45, 2.75) is 25.8 Å². The number of aromatic amines is 1. The molecule has 1 saturated heterocycles. The van der Waals surface area contributed by atoms with Gasteiger partial charge in [-0.25, -0.2) is 4.98 Å². The maximum Gasteiger partial charge on any atom is 0.223 e. The normalized spacial score (nSPS) is 17.0. The third-order valence-corrected chi connectivity index (χ3v) is 6.40. The number of nitrogens with one attached hydrogen (secondary N) is 1. The van der Waals surface area contributed by atoms with E-state index in [2.05, 4.69) is 46.1 Å². The van der Waals surface area contributed by atoms with E-state index in [4.69, 9.17) is 0 Å². The third kappa shape index (κ3) is 2.99. The Balaban J connectivity index is 1.39. The van der Waals surface area contributed by atoms with Crippen LogP contribution >= 0.6 is 11.3 Å². The van der Waals surface area contributed by atoms with E-state index in [0.29, 0.717) is 19.5 Å². The first-order chi connectivity index (χ1) is 13.7. The van der Waals surface area contributed by atoms with Gasteiger partial charge in [0.05, 0.1) is 24.1 Å². The number of hydrogen-bond acceptors (Lipinski definition) is 4. The maximum absolute atomic E-state index is 12.5. The Morgan fingerprint density at radius 2 is 2.04 bits per heavy atom. The Hall–Kier alpha value is -2.99. The summed E-state index contributed by atoms with van der Waals surface area (Å²) in [4.78, 5) is 28.1. The number of thiophene rings is 1. The number of rotatable bonds is 4. The highest BCUT2D eigenvalue weighted by Gasteiger charge is 2.32. The van der Waals surface area contributed by atoms with Crippen LogP contribution in [-0.4, -0.2) is 32.3 Å². The molecule has 1 fully saturated rings. The number of pyridine rings is 1. The van der Waals surface area contributed by atoms with E-state index in [1.165, 1.54) is 20.5 Å². The van der Waals surface area contributed by atoms with Crippen LogP contribution in [0.2, 0.25) is 0 Å². The van der Waals surface area contributed by atoms with Crippen LogP contribution in [-0.2, 0) is 11.3 Å². The van der Waals surface area contributed by atoms with E-state index in [9.17, 15) is 4.79 Å². The Morgan fingerprint density at radius 1 is 1.18 bits per heavy atom. The predicted octanol–water partition coefficient (Wildman–Crippen LogP) is 4.51. The summed E-state index contributed by atoms with van der Waals surface area (Å²) in [7, 11) is 0. The van der Waals surface area contributed by atoms with Crippen LogP contribution in [0.5, 0.6) is 0 Å². The summed E-state index contributed by atoms with van der Waals surface area (Å²) in [5.74, 6) is 1.14. The van der Waals surface area contributed by atoms with Gasteiger partial charge in [0.2, 0.25) is 5.91 Å². The Morgan fingerprint density at radius 3 is 2.89 bits per heavy atom. The lowest BCUT2D eigenvalue weighted by molar-refractivity contribution is -0.128. The third-order valence-electron chi connectivity index (χ3n) is 5.32. The fraction of sp³-hybridized carbons (Fsp3) is 0.227. The van der Waals surface area contributed by atoms with E-state index >= 15 is 0 Å². The SMILES string of the molecule is Cc1sc2ccccc2c1-c1cnc([C@H]2CC(=O)N(Cc3ccccn3)C2)[nH]1. The number of imidazole rings is 1. The van der Waals surface area contributed by atoms with Crippen molar-refractivity contribution in [2.24, 2.45) is 0 Å². The van der Waals surface area contributed by atoms with Crippen LogP contribution in [0.3, 0.4) is 0 Å². The molecule has 4 heterocycles. The van der Waals surface area contributed by atoms with Crippen molar-refractivity contribution in [2.75, 3.05) is 6.54 Å². The molecular weight excluding hydrogens is 368 g/mol. The molecule has 1 aliphatic heterocycles. The molecule has 1 aliphatic rings. The number of nitrogens with zero attached hydrogens (tertiary/aromatic N) is 3. The Bertz CT molecular complexity index is 1150. The van der Waals surface area contributed by atoms with Crippen LogP contribution in [0, 0.1) is 6.92 Å². The second kappa shape index (κ2) is 6.87. The van der Waals surface area contributed by atoms with Gasteiger partial charge >= 0.3 is 0 Å². The number of aryl methyl sites for hydroxylation is 1. The number of amides is 1. The van der Waals surface area contributed by atoms with Crippen molar-refractivity contribution in [1.82, 2.24) is 19.9 Å². The second-order valence-electron chi connectivity index (χ2n) is 7.21. The summed E-state index contributed by atoms with van der Waals surface area (Å²) in [5, 5.41) is 1.25. The van der Waals surface area contributed by atoms with Gasteiger partial charge in [0.1, 0.15) is 5.82 Å². The predicted molar refractivity (Wildman–Crippen MR) is 111 cm³/mol. The zero-order valence-electron chi connectivity index (χ0n) is 15.6. The average Bonchev–Trinajstić information content (AvgIpc) is 3.39. The minimum absolute atomic E-state index is 0.0927. The zero-order chi connectivity index (χ0) is 19.1. The molecule has 1 N–H and O–H groups in total. The molecule has 1 atom stereocenters. The quantitative estimate of drug-likeness (QED) is 0.559. The van der Waals surface area contributed by atoms with E-state index in [1.54, 1.807) is 17.5 Å². The second-order valence-corrected chi connectivity index (χ2v) is 8.46. The summed E-state index contributed by atoms with van der Waals surface area (Å²) < 4.78 is 1.28. The number of H-pyrrole nitrogens is 1. The van der Waals surface area contributed by atoms with Crippen LogP contribution in [0.25, 0.3) is 21.3 Å². The van der Waals surface area contributed by atoms with Gasteiger partial charge in [0, 0.05) is 45.6 Å². The molecule has 1 aromatic carbocycles. The van der Waals surface area contributed by atoms with Gasteiger partial charge in [-0.1, -0.05) is 24.3 Å². The number of hydrogen-bond donors (Lipinski definition) is 1. The largest absolute Gasteiger partial charge is 0.342 e. The molecule has 5 rings (SSSR count). The number of carbonyl (C=O) groups excluding carboxylic acids is 1. The Labute approximate surface area is 167 Å². The lowest BCUT2D eigenvalue weighted by atomic mass is 10.1. The molecule has 6 heteroatoms. The van der Waals surface area contributed by atoms with Gasteiger partial charge in [0.25, 0.3) is 0 Å². The minimum atomic E-state index is 0.0927. The topological polar surface area (TPSA) is 61.9 Å². The fourth-order valence-corrected chi connectivity index (χ4v) is 5.05.